The van der Waals surface area contributed by atoms with Crippen molar-refractivity contribution in [1.82, 2.24) is 14.9 Å². The van der Waals surface area contributed by atoms with Crippen molar-refractivity contribution in [3.63, 3.8) is 0 Å². The van der Waals surface area contributed by atoms with Crippen LogP contribution in [-0.2, 0) is 9.53 Å². The van der Waals surface area contributed by atoms with Gasteiger partial charge in [0, 0.05) is 32.7 Å². The lowest BCUT2D eigenvalue weighted by atomic mass is 10.3. The summed E-state index contributed by atoms with van der Waals surface area (Å²) in [5.41, 5.74) is 0. The molecule has 0 aromatic carbocycles. The summed E-state index contributed by atoms with van der Waals surface area (Å²) in [5, 5.41) is 4.92. The van der Waals surface area contributed by atoms with Crippen molar-refractivity contribution in [2.24, 2.45) is 0 Å². The Morgan fingerprint density at radius 3 is 3.15 bits per heavy atom. The minimum Gasteiger partial charge on any atom is -0.385 e. The molecule has 6 heteroatoms. The second-order valence-corrected chi connectivity index (χ2v) is 5.40. The third kappa shape index (κ3) is 3.46. The van der Waals surface area contributed by atoms with Crippen molar-refractivity contribution in [3.8, 4) is 10.7 Å². The summed E-state index contributed by atoms with van der Waals surface area (Å²) in [6.07, 6.45) is 4.38. The lowest BCUT2D eigenvalue weighted by molar-refractivity contribution is -0.123. The first-order chi connectivity index (χ1) is 9.74. The van der Waals surface area contributed by atoms with Gasteiger partial charge in [-0.15, -0.1) is 11.3 Å². The normalized spacial score (nSPS) is 12.3. The Bertz CT molecular complexity index is 536. The molecule has 0 aliphatic heterocycles. The first-order valence-electron chi connectivity index (χ1n) is 6.57. The zero-order valence-electron chi connectivity index (χ0n) is 11.7. The summed E-state index contributed by atoms with van der Waals surface area (Å²) in [6, 6.07) is 3.71. The number of nitrogens with one attached hydrogen (secondary N) is 1. The number of carbonyl (C=O) groups is 1. The van der Waals surface area contributed by atoms with Gasteiger partial charge in [-0.3, -0.25) is 4.79 Å². The predicted octanol–water partition coefficient (Wildman–Crippen LogP) is 2.33. The predicted molar refractivity (Wildman–Crippen MR) is 79.8 cm³/mol. The lowest BCUT2D eigenvalue weighted by Crippen LogP contribution is -2.32. The van der Waals surface area contributed by atoms with Crippen LogP contribution in [0.5, 0.6) is 0 Å². The van der Waals surface area contributed by atoms with Crippen molar-refractivity contribution >= 4 is 17.2 Å². The third-order valence-corrected chi connectivity index (χ3v) is 3.90. The Kier molecular flexibility index (Phi) is 5.31. The molecule has 1 N–H and O–H groups in total. The maximum absolute atomic E-state index is 12.1. The number of hydrogen-bond acceptors (Lipinski definition) is 4. The van der Waals surface area contributed by atoms with Gasteiger partial charge in [0.25, 0.3) is 0 Å². The molecule has 1 amide bonds. The van der Waals surface area contributed by atoms with Gasteiger partial charge in [0.2, 0.25) is 5.91 Å². The van der Waals surface area contributed by atoms with Crippen LogP contribution in [0.1, 0.15) is 19.4 Å². The molecule has 0 saturated heterocycles. The summed E-state index contributed by atoms with van der Waals surface area (Å²) in [5.74, 6) is 0.830. The van der Waals surface area contributed by atoms with Gasteiger partial charge < -0.3 is 14.6 Å². The monoisotopic (exact) mass is 293 g/mol. The Morgan fingerprint density at radius 1 is 1.60 bits per heavy atom. The van der Waals surface area contributed by atoms with Crippen molar-refractivity contribution in [1.29, 1.82) is 0 Å². The molecule has 2 heterocycles. The largest absolute Gasteiger partial charge is 0.385 e. The molecule has 0 spiro atoms. The van der Waals surface area contributed by atoms with E-state index < -0.39 is 0 Å². The highest BCUT2D eigenvalue weighted by molar-refractivity contribution is 7.13. The SMILES string of the molecule is COCCCNC(=O)C(C)n1ccnc1-c1cccs1. The summed E-state index contributed by atoms with van der Waals surface area (Å²) < 4.78 is 6.86. The van der Waals surface area contributed by atoms with E-state index in [1.165, 1.54) is 0 Å². The Hall–Kier alpha value is -1.66. The van der Waals surface area contributed by atoms with E-state index >= 15 is 0 Å². The van der Waals surface area contributed by atoms with Crippen molar-refractivity contribution < 1.29 is 9.53 Å². The van der Waals surface area contributed by atoms with E-state index in [1.807, 2.05) is 35.2 Å². The zero-order chi connectivity index (χ0) is 14.4. The van der Waals surface area contributed by atoms with Crippen LogP contribution in [0.3, 0.4) is 0 Å². The second kappa shape index (κ2) is 7.21. The molecular weight excluding hydrogens is 274 g/mol. The van der Waals surface area contributed by atoms with Gasteiger partial charge in [-0.05, 0) is 24.8 Å². The van der Waals surface area contributed by atoms with E-state index in [4.69, 9.17) is 4.74 Å². The molecule has 2 aromatic rings. The fraction of sp³-hybridized carbons (Fsp3) is 0.429. The van der Waals surface area contributed by atoms with Crippen molar-refractivity contribution in [3.05, 3.63) is 29.9 Å². The second-order valence-electron chi connectivity index (χ2n) is 4.45. The quantitative estimate of drug-likeness (QED) is 0.797. The first-order valence-corrected chi connectivity index (χ1v) is 7.45. The van der Waals surface area contributed by atoms with Crippen molar-refractivity contribution in [2.75, 3.05) is 20.3 Å². The number of imidazole rings is 1. The standard InChI is InChI=1S/C14H19N3O2S/c1-11(14(18)16-6-4-9-19-2)17-8-7-15-13(17)12-5-3-10-20-12/h3,5,7-8,10-11H,4,6,9H2,1-2H3,(H,16,18). The van der Waals surface area contributed by atoms with E-state index in [9.17, 15) is 4.79 Å². The van der Waals surface area contributed by atoms with E-state index in [2.05, 4.69) is 10.3 Å². The highest BCUT2D eigenvalue weighted by atomic mass is 32.1. The van der Waals surface area contributed by atoms with Gasteiger partial charge in [-0.25, -0.2) is 4.98 Å². The van der Waals surface area contributed by atoms with Gasteiger partial charge in [-0.1, -0.05) is 6.07 Å². The van der Waals surface area contributed by atoms with Gasteiger partial charge in [0.15, 0.2) is 5.82 Å². The summed E-state index contributed by atoms with van der Waals surface area (Å²) in [4.78, 5) is 17.5. The van der Waals surface area contributed by atoms with Crippen LogP contribution in [0, 0.1) is 0 Å². The van der Waals surface area contributed by atoms with E-state index in [1.54, 1.807) is 24.6 Å². The molecule has 0 radical (unpaired) electrons. The fourth-order valence-electron chi connectivity index (χ4n) is 1.92. The number of carbonyl (C=O) groups excluding carboxylic acids is 1. The Balaban J connectivity index is 2.01. The highest BCUT2D eigenvalue weighted by Gasteiger charge is 2.18. The minimum absolute atomic E-state index is 0.00286. The van der Waals surface area contributed by atoms with Crippen molar-refractivity contribution in [2.45, 2.75) is 19.4 Å². The smallest absolute Gasteiger partial charge is 0.242 e. The average Bonchev–Trinajstić information content (AvgIpc) is 3.11. The van der Waals surface area contributed by atoms with E-state index in [-0.39, 0.29) is 11.9 Å². The van der Waals surface area contributed by atoms with Gasteiger partial charge in [0.05, 0.1) is 4.88 Å². The molecule has 0 fully saturated rings. The van der Waals surface area contributed by atoms with Gasteiger partial charge in [-0.2, -0.15) is 0 Å². The summed E-state index contributed by atoms with van der Waals surface area (Å²) in [7, 11) is 1.66. The number of thiophene rings is 1. The molecule has 2 aromatic heterocycles. The molecule has 0 bridgehead atoms. The van der Waals surface area contributed by atoms with E-state index in [0.717, 1.165) is 17.1 Å². The number of methoxy groups -OCH3 is 1. The van der Waals surface area contributed by atoms with Crippen LogP contribution in [0.15, 0.2) is 29.9 Å². The zero-order valence-corrected chi connectivity index (χ0v) is 12.5. The molecule has 20 heavy (non-hydrogen) atoms. The Labute approximate surface area is 122 Å². The number of amides is 1. The highest BCUT2D eigenvalue weighted by Crippen LogP contribution is 2.25. The van der Waals surface area contributed by atoms with Crippen LogP contribution in [0.4, 0.5) is 0 Å². The molecular formula is C14H19N3O2S. The number of ether oxygens (including phenoxy) is 1. The van der Waals surface area contributed by atoms with Gasteiger partial charge in [0.1, 0.15) is 6.04 Å². The molecule has 1 unspecified atom stereocenters. The van der Waals surface area contributed by atoms with Crippen LogP contribution in [-0.4, -0.2) is 35.7 Å². The summed E-state index contributed by atoms with van der Waals surface area (Å²) >= 11 is 1.62. The lowest BCUT2D eigenvalue weighted by Gasteiger charge is -2.15. The molecule has 108 valence electrons. The fourth-order valence-corrected chi connectivity index (χ4v) is 2.65. The number of nitrogens with zero attached hydrogens (tertiary/aromatic N) is 2. The van der Waals surface area contributed by atoms with Crippen LogP contribution < -0.4 is 5.32 Å². The molecule has 5 nitrogen and oxygen atoms in total. The average molecular weight is 293 g/mol. The van der Waals surface area contributed by atoms with Crippen LogP contribution in [0.2, 0.25) is 0 Å². The van der Waals surface area contributed by atoms with E-state index in [0.29, 0.717) is 13.2 Å². The molecule has 0 aliphatic rings. The van der Waals surface area contributed by atoms with Gasteiger partial charge >= 0.3 is 0 Å². The van der Waals surface area contributed by atoms with Crippen LogP contribution >= 0.6 is 11.3 Å². The summed E-state index contributed by atoms with van der Waals surface area (Å²) in [6.45, 7) is 3.16. The Morgan fingerprint density at radius 2 is 2.45 bits per heavy atom. The molecule has 0 saturated carbocycles. The third-order valence-electron chi connectivity index (χ3n) is 3.03. The molecule has 0 aliphatic carbocycles. The molecule has 2 rings (SSSR count). The minimum atomic E-state index is -0.280. The number of aromatic nitrogens is 2. The maximum Gasteiger partial charge on any atom is 0.242 e. The maximum atomic E-state index is 12.1. The first kappa shape index (κ1) is 14.7. The van der Waals surface area contributed by atoms with Crippen LogP contribution in [0.25, 0.3) is 10.7 Å². The molecule has 1 atom stereocenters. The number of hydrogen-bond donors (Lipinski definition) is 1. The topological polar surface area (TPSA) is 56.1 Å². The number of rotatable bonds is 7.